The van der Waals surface area contributed by atoms with Gasteiger partial charge in [-0.2, -0.15) is 0 Å². The van der Waals surface area contributed by atoms with Gasteiger partial charge in [-0.05, 0) is 43.9 Å². The van der Waals surface area contributed by atoms with Crippen LogP contribution in [0.3, 0.4) is 0 Å². The fourth-order valence-corrected chi connectivity index (χ4v) is 2.19. The van der Waals surface area contributed by atoms with Crippen LogP contribution in [-0.4, -0.2) is 32.6 Å². The largest absolute Gasteiger partial charge is 0.494 e. The van der Waals surface area contributed by atoms with Crippen LogP contribution in [0.2, 0.25) is 0 Å². The minimum absolute atomic E-state index is 0.142. The molecule has 0 amide bonds. The molecule has 5 heteroatoms. The molecule has 0 bridgehead atoms. The lowest BCUT2D eigenvalue weighted by Gasteiger charge is -2.22. The van der Waals surface area contributed by atoms with E-state index in [2.05, 4.69) is 10.2 Å². The van der Waals surface area contributed by atoms with Gasteiger partial charge in [-0.15, -0.1) is 0 Å². The third-order valence-electron chi connectivity index (χ3n) is 3.38. The first kappa shape index (κ1) is 15.5. The zero-order valence-electron chi connectivity index (χ0n) is 12.6. The Hall–Kier alpha value is -1.85. The van der Waals surface area contributed by atoms with Gasteiger partial charge in [0.15, 0.2) is 11.6 Å². The Bertz CT molecular complexity index is 555. The minimum Gasteiger partial charge on any atom is -0.494 e. The highest BCUT2D eigenvalue weighted by Gasteiger charge is 2.16. The summed E-state index contributed by atoms with van der Waals surface area (Å²) >= 11 is 0. The van der Waals surface area contributed by atoms with E-state index in [1.165, 1.54) is 13.2 Å². The topological polar surface area (TPSA) is 37.6 Å². The van der Waals surface area contributed by atoms with Gasteiger partial charge < -0.3 is 14.5 Å². The molecule has 0 aliphatic carbocycles. The van der Waals surface area contributed by atoms with Crippen molar-refractivity contribution in [3.8, 4) is 5.75 Å². The highest BCUT2D eigenvalue weighted by molar-refractivity contribution is 5.29. The van der Waals surface area contributed by atoms with Gasteiger partial charge in [0.05, 0.1) is 19.4 Å². The lowest BCUT2D eigenvalue weighted by molar-refractivity contribution is 0.250. The van der Waals surface area contributed by atoms with E-state index in [-0.39, 0.29) is 17.6 Å². The molecule has 0 fully saturated rings. The van der Waals surface area contributed by atoms with Gasteiger partial charge in [0.25, 0.3) is 0 Å². The van der Waals surface area contributed by atoms with Gasteiger partial charge in [-0.25, -0.2) is 4.39 Å². The van der Waals surface area contributed by atoms with Gasteiger partial charge in [0, 0.05) is 13.1 Å². The highest BCUT2D eigenvalue weighted by Crippen LogP contribution is 2.19. The second-order valence-electron chi connectivity index (χ2n) is 5.09. The first-order valence-corrected chi connectivity index (χ1v) is 6.84. The van der Waals surface area contributed by atoms with Crippen LogP contribution < -0.4 is 10.1 Å². The van der Waals surface area contributed by atoms with Crippen molar-refractivity contribution in [2.45, 2.75) is 12.6 Å². The van der Waals surface area contributed by atoms with Gasteiger partial charge >= 0.3 is 0 Å². The van der Waals surface area contributed by atoms with Gasteiger partial charge in [-0.3, -0.25) is 4.90 Å². The molecule has 4 nitrogen and oxygen atoms in total. The third kappa shape index (κ3) is 4.06. The summed E-state index contributed by atoms with van der Waals surface area (Å²) in [5, 5.41) is 3.33. The van der Waals surface area contributed by atoms with E-state index < -0.39 is 0 Å². The molecular formula is C16H21FN2O2. The number of benzene rings is 1. The van der Waals surface area contributed by atoms with Crippen LogP contribution in [0.5, 0.6) is 5.75 Å². The molecular weight excluding hydrogens is 271 g/mol. The lowest BCUT2D eigenvalue weighted by atomic mass is 10.1. The molecule has 0 aliphatic rings. The predicted molar refractivity (Wildman–Crippen MR) is 79.8 cm³/mol. The van der Waals surface area contributed by atoms with Crippen molar-refractivity contribution in [3.05, 3.63) is 53.7 Å². The quantitative estimate of drug-likeness (QED) is 0.851. The van der Waals surface area contributed by atoms with Crippen molar-refractivity contribution >= 4 is 0 Å². The fourth-order valence-electron chi connectivity index (χ4n) is 2.19. The van der Waals surface area contributed by atoms with Gasteiger partial charge in [-0.1, -0.05) is 6.07 Å². The number of furan rings is 1. The summed E-state index contributed by atoms with van der Waals surface area (Å²) in [4.78, 5) is 2.08. The van der Waals surface area contributed by atoms with Crippen LogP contribution in [0.25, 0.3) is 0 Å². The molecule has 0 saturated heterocycles. The molecule has 0 saturated carbocycles. The molecule has 1 aromatic carbocycles. The monoisotopic (exact) mass is 292 g/mol. The molecule has 2 rings (SSSR count). The second-order valence-corrected chi connectivity index (χ2v) is 5.09. The Morgan fingerprint density at radius 3 is 2.71 bits per heavy atom. The summed E-state index contributed by atoms with van der Waals surface area (Å²) in [7, 11) is 5.46. The van der Waals surface area contributed by atoms with Crippen LogP contribution in [0, 0.1) is 5.82 Å². The molecule has 0 radical (unpaired) electrons. The first-order valence-electron chi connectivity index (χ1n) is 6.84. The van der Waals surface area contributed by atoms with Crippen LogP contribution in [0.4, 0.5) is 4.39 Å². The maximum Gasteiger partial charge on any atom is 0.165 e. The van der Waals surface area contributed by atoms with E-state index in [9.17, 15) is 4.39 Å². The Morgan fingerprint density at radius 2 is 2.14 bits per heavy atom. The molecule has 21 heavy (non-hydrogen) atoms. The average molecular weight is 292 g/mol. The molecule has 1 N–H and O–H groups in total. The van der Waals surface area contributed by atoms with E-state index in [0.717, 1.165) is 11.3 Å². The number of halogens is 1. The average Bonchev–Trinajstić information content (AvgIpc) is 2.97. The van der Waals surface area contributed by atoms with E-state index in [1.54, 1.807) is 12.3 Å². The highest BCUT2D eigenvalue weighted by atomic mass is 19.1. The number of rotatable bonds is 7. The summed E-state index contributed by atoms with van der Waals surface area (Å²) in [6, 6.07) is 8.96. The molecule has 1 unspecified atom stereocenters. The van der Waals surface area contributed by atoms with Crippen molar-refractivity contribution in [3.63, 3.8) is 0 Å². The smallest absolute Gasteiger partial charge is 0.165 e. The first-order chi connectivity index (χ1) is 10.1. The maximum atomic E-state index is 13.6. The number of ether oxygens (including phenoxy) is 1. The molecule has 1 atom stereocenters. The van der Waals surface area contributed by atoms with Crippen molar-refractivity contribution in [2.75, 3.05) is 27.7 Å². The van der Waals surface area contributed by atoms with Crippen molar-refractivity contribution < 1.29 is 13.5 Å². The summed E-state index contributed by atoms with van der Waals surface area (Å²) in [5.74, 6) is 0.834. The van der Waals surface area contributed by atoms with Crippen molar-refractivity contribution in [1.82, 2.24) is 10.2 Å². The third-order valence-corrected chi connectivity index (χ3v) is 3.38. The lowest BCUT2D eigenvalue weighted by Crippen LogP contribution is -2.30. The fraction of sp³-hybridized carbons (Fsp3) is 0.375. The Labute approximate surface area is 124 Å². The SMILES string of the molecule is COc1ccc(CNCC(c2ccco2)N(C)C)cc1F. The van der Waals surface area contributed by atoms with Crippen LogP contribution >= 0.6 is 0 Å². The second kappa shape index (κ2) is 7.24. The summed E-state index contributed by atoms with van der Waals surface area (Å²) < 4.78 is 24.0. The van der Waals surface area contributed by atoms with Crippen LogP contribution in [-0.2, 0) is 6.54 Å². The molecule has 1 aromatic heterocycles. The maximum absolute atomic E-state index is 13.6. The summed E-state index contributed by atoms with van der Waals surface area (Å²) in [5.41, 5.74) is 0.880. The normalized spacial score (nSPS) is 12.6. The van der Waals surface area contributed by atoms with E-state index in [1.807, 2.05) is 32.3 Å². The number of hydrogen-bond donors (Lipinski definition) is 1. The van der Waals surface area contributed by atoms with Crippen molar-refractivity contribution in [2.24, 2.45) is 0 Å². The predicted octanol–water partition coefficient (Wildman–Crippen LogP) is 2.82. The van der Waals surface area contributed by atoms with Crippen LogP contribution in [0.1, 0.15) is 17.4 Å². The van der Waals surface area contributed by atoms with E-state index in [0.29, 0.717) is 13.1 Å². The number of nitrogens with zero attached hydrogens (tertiary/aromatic N) is 1. The minimum atomic E-state index is -0.341. The number of likely N-dealkylation sites (N-methyl/N-ethyl adjacent to an activating group) is 1. The summed E-state index contributed by atoms with van der Waals surface area (Å²) in [6.45, 7) is 1.31. The van der Waals surface area contributed by atoms with Crippen LogP contribution in [0.15, 0.2) is 41.0 Å². The van der Waals surface area contributed by atoms with E-state index in [4.69, 9.17) is 9.15 Å². The number of methoxy groups -OCH3 is 1. The molecule has 0 spiro atoms. The molecule has 2 aromatic rings. The number of hydrogen-bond acceptors (Lipinski definition) is 4. The zero-order valence-corrected chi connectivity index (χ0v) is 12.6. The Balaban J connectivity index is 1.92. The summed E-state index contributed by atoms with van der Waals surface area (Å²) in [6.07, 6.45) is 1.67. The zero-order chi connectivity index (χ0) is 15.2. The van der Waals surface area contributed by atoms with Gasteiger partial charge in [0.1, 0.15) is 5.76 Å². The van der Waals surface area contributed by atoms with Gasteiger partial charge in [0.2, 0.25) is 0 Å². The molecule has 114 valence electrons. The Morgan fingerprint density at radius 1 is 1.33 bits per heavy atom. The molecule has 1 heterocycles. The van der Waals surface area contributed by atoms with Crippen molar-refractivity contribution in [1.29, 1.82) is 0 Å². The number of nitrogens with one attached hydrogen (secondary N) is 1. The molecule has 0 aliphatic heterocycles. The Kier molecular flexibility index (Phi) is 5.36. The standard InChI is InChI=1S/C16H21FN2O2/c1-19(2)14(16-5-4-8-21-16)11-18-10-12-6-7-15(20-3)13(17)9-12/h4-9,14,18H,10-11H2,1-3H3. The van der Waals surface area contributed by atoms with E-state index >= 15 is 0 Å².